The molecule has 1 saturated heterocycles. The molecule has 1 amide bonds. The van der Waals surface area contributed by atoms with Gasteiger partial charge < -0.3 is 4.52 Å². The molecule has 1 fully saturated rings. The molecule has 0 radical (unpaired) electrons. The number of carbonyl (C=O) groups is 1. The van der Waals surface area contributed by atoms with Gasteiger partial charge in [-0.05, 0) is 52.7 Å². The van der Waals surface area contributed by atoms with Crippen molar-refractivity contribution in [1.29, 1.82) is 0 Å². The second-order valence-electron chi connectivity index (χ2n) is 7.06. The molecule has 1 aromatic heterocycles. The zero-order valence-electron chi connectivity index (χ0n) is 15.9. The predicted molar refractivity (Wildman–Crippen MR) is 104 cm³/mol. The fourth-order valence-electron chi connectivity index (χ4n) is 3.46. The number of aromatic nitrogens is 1. The molecule has 1 aliphatic heterocycles. The molecule has 0 bridgehead atoms. The van der Waals surface area contributed by atoms with Crippen molar-refractivity contribution in [2.75, 3.05) is 0 Å². The number of thioether (sulfide) groups is 1. The second kappa shape index (κ2) is 8.27. The Morgan fingerprint density at radius 3 is 2.62 bits per heavy atom. The van der Waals surface area contributed by atoms with E-state index in [9.17, 15) is 4.79 Å². The zero-order chi connectivity index (χ0) is 18.7. The zero-order valence-corrected chi connectivity index (χ0v) is 16.7. The summed E-state index contributed by atoms with van der Waals surface area (Å²) in [4.78, 5) is 13.9. The molecule has 140 valence electrons. The van der Waals surface area contributed by atoms with Crippen LogP contribution in [0.3, 0.4) is 0 Å². The molecule has 0 unspecified atom stereocenters. The SMILES string of the molecule is Cc1noc(C)c1CSc1ccccc1C(=O)NN1[C@@H](C)CCC[C@@H]1C. The van der Waals surface area contributed by atoms with Gasteiger partial charge in [-0.2, -0.15) is 0 Å². The smallest absolute Gasteiger partial charge is 0.266 e. The summed E-state index contributed by atoms with van der Waals surface area (Å²) in [6.07, 6.45) is 3.46. The molecule has 0 spiro atoms. The number of hydrogen-bond acceptors (Lipinski definition) is 5. The summed E-state index contributed by atoms with van der Waals surface area (Å²) in [7, 11) is 0. The van der Waals surface area contributed by atoms with Crippen molar-refractivity contribution < 1.29 is 9.32 Å². The molecule has 0 aliphatic carbocycles. The summed E-state index contributed by atoms with van der Waals surface area (Å²) < 4.78 is 5.24. The van der Waals surface area contributed by atoms with Crippen molar-refractivity contribution in [2.24, 2.45) is 0 Å². The van der Waals surface area contributed by atoms with Crippen LogP contribution in [0.5, 0.6) is 0 Å². The fraction of sp³-hybridized carbons (Fsp3) is 0.500. The average Bonchev–Trinajstić information content (AvgIpc) is 2.94. The number of rotatable bonds is 5. The van der Waals surface area contributed by atoms with Gasteiger partial charge in [-0.15, -0.1) is 11.8 Å². The van der Waals surface area contributed by atoms with Gasteiger partial charge in [0.2, 0.25) is 0 Å². The van der Waals surface area contributed by atoms with Gasteiger partial charge in [0, 0.05) is 28.3 Å². The third-order valence-corrected chi connectivity index (χ3v) is 6.21. The lowest BCUT2D eigenvalue weighted by Crippen LogP contribution is -2.54. The van der Waals surface area contributed by atoms with E-state index in [2.05, 4.69) is 29.4 Å². The number of carbonyl (C=O) groups excluding carboxylic acids is 1. The van der Waals surface area contributed by atoms with E-state index < -0.39 is 0 Å². The van der Waals surface area contributed by atoms with Crippen LogP contribution in [0.4, 0.5) is 0 Å². The van der Waals surface area contributed by atoms with Gasteiger partial charge in [-0.1, -0.05) is 23.7 Å². The maximum absolute atomic E-state index is 12.9. The number of hydrogen-bond donors (Lipinski definition) is 1. The number of piperidine rings is 1. The summed E-state index contributed by atoms with van der Waals surface area (Å²) in [6, 6.07) is 8.51. The van der Waals surface area contributed by atoms with Gasteiger partial charge >= 0.3 is 0 Å². The van der Waals surface area contributed by atoms with Crippen LogP contribution in [0, 0.1) is 13.8 Å². The number of nitrogens with one attached hydrogen (secondary N) is 1. The Balaban J connectivity index is 1.73. The lowest BCUT2D eigenvalue weighted by Gasteiger charge is -2.38. The van der Waals surface area contributed by atoms with Crippen molar-refractivity contribution in [2.45, 2.75) is 69.7 Å². The first-order valence-corrected chi connectivity index (χ1v) is 10.2. The van der Waals surface area contributed by atoms with Crippen LogP contribution in [0.25, 0.3) is 0 Å². The summed E-state index contributed by atoms with van der Waals surface area (Å²) in [5.74, 6) is 1.54. The minimum absolute atomic E-state index is 0.0348. The molecule has 1 aromatic carbocycles. The van der Waals surface area contributed by atoms with E-state index in [-0.39, 0.29) is 5.91 Å². The Bertz CT molecular complexity index is 745. The molecule has 0 saturated carbocycles. The first-order chi connectivity index (χ1) is 12.5. The lowest BCUT2D eigenvalue weighted by molar-refractivity contribution is 0.0367. The largest absolute Gasteiger partial charge is 0.361 e. The minimum atomic E-state index is -0.0348. The molecule has 6 heteroatoms. The third-order valence-electron chi connectivity index (χ3n) is 5.11. The van der Waals surface area contributed by atoms with E-state index in [1.54, 1.807) is 11.8 Å². The Morgan fingerprint density at radius 1 is 1.27 bits per heavy atom. The minimum Gasteiger partial charge on any atom is -0.361 e. The highest BCUT2D eigenvalue weighted by Crippen LogP contribution is 2.29. The molecule has 2 aromatic rings. The van der Waals surface area contributed by atoms with Crippen molar-refractivity contribution >= 4 is 17.7 Å². The highest BCUT2D eigenvalue weighted by Gasteiger charge is 2.27. The van der Waals surface area contributed by atoms with Crippen LogP contribution in [0.15, 0.2) is 33.7 Å². The van der Waals surface area contributed by atoms with Gasteiger partial charge in [-0.25, -0.2) is 5.01 Å². The van der Waals surface area contributed by atoms with Crippen LogP contribution < -0.4 is 5.43 Å². The number of aryl methyl sites for hydroxylation is 2. The molecule has 5 nitrogen and oxygen atoms in total. The molecule has 2 atom stereocenters. The quantitative estimate of drug-likeness (QED) is 0.783. The summed E-state index contributed by atoms with van der Waals surface area (Å²) in [5.41, 5.74) is 5.87. The van der Waals surface area contributed by atoms with Crippen LogP contribution >= 0.6 is 11.8 Å². The van der Waals surface area contributed by atoms with Crippen LogP contribution in [0.1, 0.15) is 60.5 Å². The van der Waals surface area contributed by atoms with E-state index in [0.29, 0.717) is 17.6 Å². The van der Waals surface area contributed by atoms with Gasteiger partial charge in [0.25, 0.3) is 5.91 Å². The normalized spacial score (nSPS) is 20.9. The lowest BCUT2D eigenvalue weighted by atomic mass is 10.00. The van der Waals surface area contributed by atoms with Gasteiger partial charge in [0.15, 0.2) is 0 Å². The summed E-state index contributed by atoms with van der Waals surface area (Å²) in [6.45, 7) is 8.22. The Hall–Kier alpha value is -1.79. The average molecular weight is 374 g/mol. The summed E-state index contributed by atoms with van der Waals surface area (Å²) >= 11 is 1.65. The highest BCUT2D eigenvalue weighted by molar-refractivity contribution is 7.98. The third kappa shape index (κ3) is 4.13. The van der Waals surface area contributed by atoms with Crippen LogP contribution in [-0.4, -0.2) is 28.2 Å². The highest BCUT2D eigenvalue weighted by atomic mass is 32.2. The van der Waals surface area contributed by atoms with E-state index in [0.717, 1.165) is 40.5 Å². The number of amides is 1. The Labute approximate surface area is 159 Å². The summed E-state index contributed by atoms with van der Waals surface area (Å²) in [5, 5.41) is 6.12. The number of nitrogens with zero attached hydrogens (tertiary/aromatic N) is 2. The monoisotopic (exact) mass is 373 g/mol. The fourth-order valence-corrected chi connectivity index (χ4v) is 4.66. The van der Waals surface area contributed by atoms with Gasteiger partial charge in [0.1, 0.15) is 5.76 Å². The first-order valence-electron chi connectivity index (χ1n) is 9.20. The molecule has 2 heterocycles. The van der Waals surface area contributed by atoms with Crippen molar-refractivity contribution in [3.05, 3.63) is 46.8 Å². The second-order valence-corrected chi connectivity index (χ2v) is 8.08. The van der Waals surface area contributed by atoms with Crippen LogP contribution in [0.2, 0.25) is 0 Å². The molecular formula is C20H27N3O2S. The van der Waals surface area contributed by atoms with E-state index in [1.807, 2.05) is 38.1 Å². The number of hydrazine groups is 1. The Kier molecular flexibility index (Phi) is 6.04. The first kappa shape index (κ1) is 19.0. The predicted octanol–water partition coefficient (Wildman–Crippen LogP) is 4.49. The van der Waals surface area contributed by atoms with Crippen LogP contribution in [-0.2, 0) is 5.75 Å². The Morgan fingerprint density at radius 2 is 1.96 bits per heavy atom. The van der Waals surface area contributed by atoms with E-state index in [1.165, 1.54) is 6.42 Å². The molecule has 3 rings (SSSR count). The molecule has 1 N–H and O–H groups in total. The van der Waals surface area contributed by atoms with Crippen molar-refractivity contribution in [3.8, 4) is 0 Å². The van der Waals surface area contributed by atoms with E-state index in [4.69, 9.17) is 4.52 Å². The maximum atomic E-state index is 12.9. The standard InChI is InChI=1S/C20H27N3O2S/c1-13-8-7-9-14(2)23(13)21-20(24)17-10-5-6-11-19(17)26-12-18-15(3)22-25-16(18)4/h5-6,10-11,13-14H,7-9,12H2,1-4H3,(H,21,24)/t13-,14-/m0/s1. The van der Waals surface area contributed by atoms with E-state index >= 15 is 0 Å². The van der Waals surface area contributed by atoms with Gasteiger partial charge in [-0.3, -0.25) is 10.2 Å². The van der Waals surface area contributed by atoms with Crippen molar-refractivity contribution in [1.82, 2.24) is 15.6 Å². The molecule has 1 aliphatic rings. The maximum Gasteiger partial charge on any atom is 0.266 e. The van der Waals surface area contributed by atoms with Gasteiger partial charge in [0.05, 0.1) is 11.3 Å². The van der Waals surface area contributed by atoms with Crippen molar-refractivity contribution in [3.63, 3.8) is 0 Å². The number of benzene rings is 1. The molecular weight excluding hydrogens is 346 g/mol. The topological polar surface area (TPSA) is 58.4 Å². The molecule has 26 heavy (non-hydrogen) atoms.